The van der Waals surface area contributed by atoms with E-state index in [9.17, 15) is 21.6 Å². The van der Waals surface area contributed by atoms with Gasteiger partial charge in [0.15, 0.2) is 6.61 Å². The first-order chi connectivity index (χ1) is 11.2. The summed E-state index contributed by atoms with van der Waals surface area (Å²) < 4.78 is 67.5. The second-order valence-electron chi connectivity index (χ2n) is 5.19. The van der Waals surface area contributed by atoms with Gasteiger partial charge >= 0.3 is 6.18 Å². The Morgan fingerprint density at radius 3 is 2.12 bits per heavy atom. The van der Waals surface area contributed by atoms with Crippen LogP contribution in [0.2, 0.25) is 0 Å². The fourth-order valence-corrected chi connectivity index (χ4v) is 2.87. The second-order valence-corrected chi connectivity index (χ2v) is 6.95. The third kappa shape index (κ3) is 5.54. The molecule has 2 rings (SSSR count). The molecule has 0 saturated carbocycles. The average molecular weight is 359 g/mol. The number of alkyl halides is 3. The Hall–Kier alpha value is -2.06. The Morgan fingerprint density at radius 1 is 1.00 bits per heavy atom. The number of ether oxygens (including phenoxy) is 1. The van der Waals surface area contributed by atoms with Crippen molar-refractivity contribution in [1.82, 2.24) is 4.72 Å². The third-order valence-corrected chi connectivity index (χ3v) is 4.54. The van der Waals surface area contributed by atoms with E-state index in [2.05, 4.69) is 9.46 Å². The molecule has 0 aromatic heterocycles. The number of rotatable bonds is 6. The molecular weight excluding hydrogens is 343 g/mol. The van der Waals surface area contributed by atoms with Crippen molar-refractivity contribution >= 4 is 10.0 Å². The summed E-state index contributed by atoms with van der Waals surface area (Å²) in [7, 11) is -3.64. The van der Waals surface area contributed by atoms with Gasteiger partial charge in [-0.25, -0.2) is 13.1 Å². The molecule has 0 aliphatic rings. The number of benzene rings is 2. The number of nitrogens with one attached hydrogen (secondary N) is 1. The lowest BCUT2D eigenvalue weighted by molar-refractivity contribution is -0.153. The molecule has 4 nitrogen and oxygen atoms in total. The Bertz CT molecular complexity index is 770. The van der Waals surface area contributed by atoms with Gasteiger partial charge in [-0.2, -0.15) is 13.2 Å². The number of hydrogen-bond acceptors (Lipinski definition) is 3. The first kappa shape index (κ1) is 18.3. The van der Waals surface area contributed by atoms with E-state index in [1.165, 1.54) is 36.4 Å². The van der Waals surface area contributed by atoms with Crippen LogP contribution in [0.1, 0.15) is 11.1 Å². The molecule has 0 saturated heterocycles. The van der Waals surface area contributed by atoms with Crippen LogP contribution in [0.4, 0.5) is 13.2 Å². The molecule has 0 radical (unpaired) electrons. The highest BCUT2D eigenvalue weighted by atomic mass is 32.2. The summed E-state index contributed by atoms with van der Waals surface area (Å²) in [5, 5.41) is 0. The summed E-state index contributed by atoms with van der Waals surface area (Å²) in [4.78, 5) is 0.151. The predicted octanol–water partition coefficient (Wildman–Crippen LogP) is 3.41. The molecule has 130 valence electrons. The van der Waals surface area contributed by atoms with Crippen LogP contribution in [0, 0.1) is 6.92 Å². The van der Waals surface area contributed by atoms with Crippen molar-refractivity contribution in [2.45, 2.75) is 24.5 Å². The molecule has 1 N–H and O–H groups in total. The van der Waals surface area contributed by atoms with Gasteiger partial charge in [0.05, 0.1) is 4.90 Å². The van der Waals surface area contributed by atoms with Gasteiger partial charge in [-0.1, -0.05) is 29.8 Å². The number of sulfonamides is 1. The fraction of sp³-hybridized carbons (Fsp3) is 0.250. The lowest BCUT2D eigenvalue weighted by atomic mass is 10.2. The minimum atomic E-state index is -4.40. The van der Waals surface area contributed by atoms with Gasteiger partial charge in [-0.3, -0.25) is 0 Å². The van der Waals surface area contributed by atoms with E-state index in [0.717, 1.165) is 5.56 Å². The SMILES string of the molecule is Cc1ccc(S(=O)(=O)NCc2ccc(OCC(F)(F)F)cc2)cc1. The van der Waals surface area contributed by atoms with Crippen molar-refractivity contribution in [3.8, 4) is 5.75 Å². The van der Waals surface area contributed by atoms with Crippen LogP contribution >= 0.6 is 0 Å². The summed E-state index contributed by atoms with van der Waals surface area (Å²) in [6.45, 7) is 0.508. The molecule has 0 aliphatic heterocycles. The molecule has 2 aromatic carbocycles. The maximum absolute atomic E-state index is 12.1. The van der Waals surface area contributed by atoms with Gasteiger partial charge in [-0.05, 0) is 36.8 Å². The van der Waals surface area contributed by atoms with Crippen molar-refractivity contribution in [1.29, 1.82) is 0 Å². The Balaban J connectivity index is 1.95. The van der Waals surface area contributed by atoms with Gasteiger partial charge in [0.25, 0.3) is 0 Å². The molecule has 0 bridgehead atoms. The summed E-state index contributed by atoms with van der Waals surface area (Å²) in [6.07, 6.45) is -4.40. The third-order valence-electron chi connectivity index (χ3n) is 3.12. The van der Waals surface area contributed by atoms with E-state index in [1.807, 2.05) is 6.92 Å². The van der Waals surface area contributed by atoms with Crippen LogP contribution in [-0.4, -0.2) is 21.2 Å². The highest BCUT2D eigenvalue weighted by molar-refractivity contribution is 7.89. The van der Waals surface area contributed by atoms with Crippen molar-refractivity contribution in [3.63, 3.8) is 0 Å². The number of halogens is 3. The van der Waals surface area contributed by atoms with Crippen LogP contribution < -0.4 is 9.46 Å². The fourth-order valence-electron chi connectivity index (χ4n) is 1.85. The van der Waals surface area contributed by atoms with E-state index >= 15 is 0 Å². The summed E-state index contributed by atoms with van der Waals surface area (Å²) in [5.74, 6) is 0.0671. The first-order valence-electron chi connectivity index (χ1n) is 7.00. The maximum atomic E-state index is 12.1. The van der Waals surface area contributed by atoms with Crippen LogP contribution in [0.25, 0.3) is 0 Å². The molecule has 0 spiro atoms. The predicted molar refractivity (Wildman–Crippen MR) is 83.2 cm³/mol. The zero-order valence-corrected chi connectivity index (χ0v) is 13.6. The zero-order valence-electron chi connectivity index (χ0n) is 12.8. The van der Waals surface area contributed by atoms with Crippen LogP contribution in [0.5, 0.6) is 5.75 Å². The van der Waals surface area contributed by atoms with Crippen molar-refractivity contribution < 1.29 is 26.3 Å². The number of hydrogen-bond donors (Lipinski definition) is 1. The largest absolute Gasteiger partial charge is 0.484 e. The van der Waals surface area contributed by atoms with Gasteiger partial charge in [0.2, 0.25) is 10.0 Å². The summed E-state index contributed by atoms with van der Waals surface area (Å²) in [6, 6.07) is 12.1. The smallest absolute Gasteiger partial charge is 0.422 e. The first-order valence-corrected chi connectivity index (χ1v) is 8.49. The minimum Gasteiger partial charge on any atom is -0.484 e. The Labute approximate surface area is 138 Å². The standard InChI is InChI=1S/C16H16F3NO3S/c1-12-2-8-15(9-3-12)24(21,22)20-10-13-4-6-14(7-5-13)23-11-16(17,18)19/h2-9,20H,10-11H2,1H3. The van der Waals surface area contributed by atoms with Gasteiger partial charge in [0, 0.05) is 6.54 Å². The van der Waals surface area contributed by atoms with Crippen molar-refractivity contribution in [2.24, 2.45) is 0 Å². The summed E-state index contributed by atoms with van der Waals surface area (Å²) in [5.41, 5.74) is 1.55. The van der Waals surface area contributed by atoms with Crippen LogP contribution in [0.3, 0.4) is 0 Å². The molecule has 2 aromatic rings. The molecular formula is C16H16F3NO3S. The second kappa shape index (κ2) is 7.23. The van der Waals surface area contributed by atoms with Crippen LogP contribution in [0.15, 0.2) is 53.4 Å². The Morgan fingerprint density at radius 2 is 1.58 bits per heavy atom. The highest BCUT2D eigenvalue weighted by Crippen LogP contribution is 2.19. The van der Waals surface area contributed by atoms with Gasteiger partial charge < -0.3 is 4.74 Å². The van der Waals surface area contributed by atoms with Crippen LogP contribution in [-0.2, 0) is 16.6 Å². The Kier molecular flexibility index (Phi) is 5.51. The van der Waals surface area contributed by atoms with E-state index in [0.29, 0.717) is 5.56 Å². The van der Waals surface area contributed by atoms with E-state index in [1.54, 1.807) is 12.1 Å². The quantitative estimate of drug-likeness (QED) is 0.860. The van der Waals surface area contributed by atoms with E-state index in [4.69, 9.17) is 0 Å². The molecule has 0 fully saturated rings. The van der Waals surface area contributed by atoms with Crippen molar-refractivity contribution in [3.05, 3.63) is 59.7 Å². The van der Waals surface area contributed by atoms with Crippen molar-refractivity contribution in [2.75, 3.05) is 6.61 Å². The number of aryl methyl sites for hydroxylation is 1. The van der Waals surface area contributed by atoms with E-state index < -0.39 is 22.8 Å². The normalized spacial score (nSPS) is 12.2. The monoisotopic (exact) mass is 359 g/mol. The average Bonchev–Trinajstić information content (AvgIpc) is 2.52. The zero-order chi connectivity index (χ0) is 17.8. The maximum Gasteiger partial charge on any atom is 0.422 e. The molecule has 24 heavy (non-hydrogen) atoms. The molecule has 0 aliphatic carbocycles. The van der Waals surface area contributed by atoms with Gasteiger partial charge in [0.1, 0.15) is 5.75 Å². The minimum absolute atomic E-state index is 0.0236. The lowest BCUT2D eigenvalue weighted by Gasteiger charge is -2.10. The highest BCUT2D eigenvalue weighted by Gasteiger charge is 2.28. The molecule has 0 atom stereocenters. The van der Waals surface area contributed by atoms with E-state index in [-0.39, 0.29) is 17.2 Å². The lowest BCUT2D eigenvalue weighted by Crippen LogP contribution is -2.23. The topological polar surface area (TPSA) is 55.4 Å². The molecule has 0 amide bonds. The molecule has 0 heterocycles. The molecule has 8 heteroatoms. The molecule has 0 unspecified atom stereocenters. The van der Waals surface area contributed by atoms with Gasteiger partial charge in [-0.15, -0.1) is 0 Å². The summed E-state index contributed by atoms with van der Waals surface area (Å²) >= 11 is 0.